The van der Waals surface area contributed by atoms with E-state index < -0.39 is 91.4 Å². The Morgan fingerprint density at radius 2 is 1.74 bits per heavy atom. The van der Waals surface area contributed by atoms with E-state index in [1.54, 1.807) is 0 Å². The van der Waals surface area contributed by atoms with E-state index in [1.807, 2.05) is 0 Å². The lowest BCUT2D eigenvalue weighted by Crippen LogP contribution is -2.63. The van der Waals surface area contributed by atoms with Gasteiger partial charge in [0.2, 0.25) is 6.29 Å². The fraction of sp³-hybridized carbons (Fsp3) is 0.706. The quantitative estimate of drug-likeness (QED) is 0.177. The first-order valence-electron chi connectivity index (χ1n) is 9.02. The molecule has 0 bridgehead atoms. The van der Waals surface area contributed by atoms with Crippen LogP contribution in [-0.2, 0) is 33.3 Å². The molecule has 0 radical (unpaired) electrons. The summed E-state index contributed by atoms with van der Waals surface area (Å²) in [5.41, 5.74) is -3.14. The fourth-order valence-corrected chi connectivity index (χ4v) is 3.44. The van der Waals surface area contributed by atoms with Crippen LogP contribution in [0.5, 0.6) is 0 Å². The summed E-state index contributed by atoms with van der Waals surface area (Å²) in [6, 6.07) is 0. The lowest BCUT2D eigenvalue weighted by molar-refractivity contribution is -0.359. The van der Waals surface area contributed by atoms with Crippen LogP contribution in [0.4, 0.5) is 0 Å². The van der Waals surface area contributed by atoms with Crippen molar-refractivity contribution in [2.45, 2.75) is 55.4 Å². The number of rotatable bonds is 8. The van der Waals surface area contributed by atoms with Crippen molar-refractivity contribution < 1.29 is 69.1 Å². The monoisotopic (exact) mass is 452 g/mol. The van der Waals surface area contributed by atoms with Gasteiger partial charge in [-0.05, 0) is 0 Å². The van der Waals surface area contributed by atoms with E-state index in [2.05, 4.69) is 4.74 Å². The molecule has 1 fully saturated rings. The maximum atomic E-state index is 12.0. The summed E-state index contributed by atoms with van der Waals surface area (Å²) in [5, 5.41) is 68.7. The number of esters is 1. The standard InChI is InChI=1S/C17H24O14/c1-28-14(26)6-5-29-16(17(27,3-10(21)22)7(6)2-9(19)20)31-15-13(25)12(24)11(23)8(4-18)30-15/h5,7-8,11-13,15-16,18,23-25,27H,2-4H2,1H3,(H,19,20)(H,21,22)/t7-,8+,11+,12-,13+,15-,16+,17+/m1/s1. The molecule has 0 saturated carbocycles. The molecule has 14 heteroatoms. The summed E-state index contributed by atoms with van der Waals surface area (Å²) in [4.78, 5) is 34.8. The van der Waals surface area contributed by atoms with Crippen molar-refractivity contribution in [2.24, 2.45) is 5.92 Å². The molecule has 31 heavy (non-hydrogen) atoms. The van der Waals surface area contributed by atoms with E-state index in [9.17, 15) is 50.1 Å². The Labute approximate surface area is 174 Å². The van der Waals surface area contributed by atoms with Crippen LogP contribution < -0.4 is 0 Å². The second-order valence-electron chi connectivity index (χ2n) is 7.08. The predicted octanol–water partition coefficient (Wildman–Crippen LogP) is -3.49. The van der Waals surface area contributed by atoms with Crippen LogP contribution >= 0.6 is 0 Å². The van der Waals surface area contributed by atoms with Gasteiger partial charge >= 0.3 is 17.9 Å². The largest absolute Gasteiger partial charge is 0.481 e. The summed E-state index contributed by atoms with van der Waals surface area (Å²) >= 11 is 0. The third-order valence-corrected chi connectivity index (χ3v) is 5.05. The van der Waals surface area contributed by atoms with Crippen LogP contribution in [0.2, 0.25) is 0 Å². The molecule has 7 N–H and O–H groups in total. The molecule has 2 aliphatic rings. The maximum absolute atomic E-state index is 12.0. The summed E-state index contributed by atoms with van der Waals surface area (Å²) in [6.07, 6.45) is -12.0. The van der Waals surface area contributed by atoms with Crippen molar-refractivity contribution in [1.82, 2.24) is 0 Å². The lowest BCUT2D eigenvalue weighted by atomic mass is 9.75. The summed E-state index contributed by atoms with van der Waals surface area (Å²) < 4.78 is 20.1. The number of carboxylic acid groups (broad SMARTS) is 2. The molecule has 14 nitrogen and oxygen atoms in total. The molecule has 0 spiro atoms. The van der Waals surface area contributed by atoms with Crippen molar-refractivity contribution in [2.75, 3.05) is 13.7 Å². The van der Waals surface area contributed by atoms with Gasteiger partial charge in [-0.2, -0.15) is 0 Å². The summed E-state index contributed by atoms with van der Waals surface area (Å²) in [5.74, 6) is -5.84. The Morgan fingerprint density at radius 1 is 1.10 bits per heavy atom. The first kappa shape index (κ1) is 24.9. The van der Waals surface area contributed by atoms with Crippen molar-refractivity contribution in [3.63, 3.8) is 0 Å². The van der Waals surface area contributed by atoms with Crippen molar-refractivity contribution in [3.8, 4) is 0 Å². The normalized spacial score (nSPS) is 38.0. The molecule has 0 unspecified atom stereocenters. The zero-order valence-electron chi connectivity index (χ0n) is 16.2. The summed E-state index contributed by atoms with van der Waals surface area (Å²) in [6.45, 7) is -0.788. The number of aliphatic hydroxyl groups excluding tert-OH is 4. The van der Waals surface area contributed by atoms with E-state index in [1.165, 1.54) is 0 Å². The van der Waals surface area contributed by atoms with E-state index in [0.717, 1.165) is 13.4 Å². The molecule has 0 aliphatic carbocycles. The minimum absolute atomic E-state index is 0.470. The van der Waals surface area contributed by atoms with Crippen LogP contribution in [0.3, 0.4) is 0 Å². The molecule has 176 valence electrons. The average molecular weight is 452 g/mol. The second kappa shape index (κ2) is 9.86. The van der Waals surface area contributed by atoms with E-state index in [-0.39, 0.29) is 0 Å². The molecule has 8 atom stereocenters. The first-order chi connectivity index (χ1) is 14.5. The molecular weight excluding hydrogens is 428 g/mol. The topological polar surface area (TPSA) is 230 Å². The highest BCUT2D eigenvalue weighted by molar-refractivity contribution is 5.90. The van der Waals surface area contributed by atoms with Gasteiger partial charge in [-0.25, -0.2) is 4.79 Å². The van der Waals surface area contributed by atoms with Gasteiger partial charge in [-0.3, -0.25) is 9.59 Å². The smallest absolute Gasteiger partial charge is 0.337 e. The van der Waals surface area contributed by atoms with Gasteiger partial charge in [0.1, 0.15) is 30.0 Å². The van der Waals surface area contributed by atoms with Crippen molar-refractivity contribution >= 4 is 17.9 Å². The number of aliphatic hydroxyl groups is 5. The third-order valence-electron chi connectivity index (χ3n) is 5.05. The fourth-order valence-electron chi connectivity index (χ4n) is 3.44. The van der Waals surface area contributed by atoms with Gasteiger partial charge < -0.3 is 54.7 Å². The minimum Gasteiger partial charge on any atom is -0.481 e. The predicted molar refractivity (Wildman–Crippen MR) is 92.8 cm³/mol. The number of methoxy groups -OCH3 is 1. The van der Waals surface area contributed by atoms with Crippen LogP contribution in [0.15, 0.2) is 11.8 Å². The Kier molecular flexibility index (Phi) is 7.93. The molecular formula is C17H24O14. The molecule has 0 aromatic carbocycles. The van der Waals surface area contributed by atoms with Gasteiger partial charge in [-0.15, -0.1) is 0 Å². The van der Waals surface area contributed by atoms with Gasteiger partial charge in [0.15, 0.2) is 6.29 Å². The lowest BCUT2D eigenvalue weighted by Gasteiger charge is -2.46. The van der Waals surface area contributed by atoms with Crippen molar-refractivity contribution in [3.05, 3.63) is 11.8 Å². The molecule has 2 aliphatic heterocycles. The molecule has 1 saturated heterocycles. The number of aliphatic carboxylic acids is 2. The zero-order valence-corrected chi connectivity index (χ0v) is 16.2. The number of hydrogen-bond donors (Lipinski definition) is 7. The SMILES string of the molecule is COC(=O)C1=CO[C@@H](O[C@H]2O[C@@H](CO)[C@H](O)[C@@H](O)[C@@H]2O)[C@](O)(CC(=O)O)[C@@H]1CC(=O)O. The van der Waals surface area contributed by atoms with E-state index in [0.29, 0.717) is 0 Å². The molecule has 2 rings (SSSR count). The Balaban J connectivity index is 2.42. The molecule has 0 aromatic heterocycles. The van der Waals surface area contributed by atoms with Crippen molar-refractivity contribution in [1.29, 1.82) is 0 Å². The molecule has 2 heterocycles. The van der Waals surface area contributed by atoms with E-state index >= 15 is 0 Å². The van der Waals surface area contributed by atoms with E-state index in [4.69, 9.17) is 14.2 Å². The Morgan fingerprint density at radius 3 is 2.26 bits per heavy atom. The number of ether oxygens (including phenoxy) is 4. The maximum Gasteiger partial charge on any atom is 0.337 e. The zero-order chi connectivity index (χ0) is 23.5. The molecule has 0 amide bonds. The average Bonchev–Trinajstić information content (AvgIpc) is 2.70. The highest BCUT2D eigenvalue weighted by atomic mass is 16.8. The number of carbonyl (C=O) groups excluding carboxylic acids is 1. The van der Waals surface area contributed by atoms with Crippen LogP contribution in [0, 0.1) is 5.92 Å². The van der Waals surface area contributed by atoms with Crippen LogP contribution in [0.1, 0.15) is 12.8 Å². The highest BCUT2D eigenvalue weighted by Gasteiger charge is 2.56. The number of hydrogen-bond acceptors (Lipinski definition) is 12. The van der Waals surface area contributed by atoms with Gasteiger partial charge in [0.05, 0.1) is 38.4 Å². The Hall–Kier alpha value is -2.33. The minimum atomic E-state index is -2.67. The van der Waals surface area contributed by atoms with Gasteiger partial charge in [0, 0.05) is 5.92 Å². The van der Waals surface area contributed by atoms with Crippen LogP contribution in [-0.4, -0.2) is 110 Å². The van der Waals surface area contributed by atoms with Gasteiger partial charge in [-0.1, -0.05) is 0 Å². The summed E-state index contributed by atoms with van der Waals surface area (Å²) in [7, 11) is 0.980. The van der Waals surface area contributed by atoms with Gasteiger partial charge in [0.25, 0.3) is 0 Å². The second-order valence-corrected chi connectivity index (χ2v) is 7.08. The number of carboxylic acids is 2. The first-order valence-corrected chi connectivity index (χ1v) is 9.02. The third kappa shape index (κ3) is 5.12. The Bertz CT molecular complexity index is 720. The number of carbonyl (C=O) groups is 3. The molecule has 0 aromatic rings. The van der Waals surface area contributed by atoms with Crippen LogP contribution in [0.25, 0.3) is 0 Å². The highest BCUT2D eigenvalue weighted by Crippen LogP contribution is 2.41.